The minimum Gasteiger partial charge on any atom is -0.411 e. The fourth-order valence-electron chi connectivity index (χ4n) is 3.84. The Bertz CT molecular complexity index is 912. The van der Waals surface area contributed by atoms with Gasteiger partial charge in [0.15, 0.2) is 0 Å². The van der Waals surface area contributed by atoms with Crippen molar-refractivity contribution in [2.75, 3.05) is 6.54 Å². The van der Waals surface area contributed by atoms with E-state index < -0.39 is 10.0 Å². The molecule has 0 atom stereocenters. The maximum absolute atomic E-state index is 12.9. The number of unbranched alkanes of at least 4 members (excludes halogenated alkanes) is 9. The molecule has 2 N–H and O–H groups in total. The van der Waals surface area contributed by atoms with Gasteiger partial charge in [-0.15, -0.1) is 0 Å². The molecule has 32 heavy (non-hydrogen) atoms. The summed E-state index contributed by atoms with van der Waals surface area (Å²) in [5.74, 6) is 0. The number of hydrogen-bond donors (Lipinski definition) is 2. The molecule has 0 amide bonds. The highest BCUT2D eigenvalue weighted by molar-refractivity contribution is 7.89. The van der Waals surface area contributed by atoms with Crippen molar-refractivity contribution in [3.63, 3.8) is 0 Å². The number of aryl methyl sites for hydroxylation is 1. The molecule has 0 saturated carbocycles. The fourth-order valence-corrected chi connectivity index (χ4v) is 5.10. The van der Waals surface area contributed by atoms with Crippen LogP contribution in [0.25, 0.3) is 0 Å². The summed E-state index contributed by atoms with van der Waals surface area (Å²) in [6.07, 6.45) is 13.3. The Morgan fingerprint density at radius 1 is 0.812 bits per heavy atom. The fraction of sp³-hybridized carbons (Fsp3) is 0.500. The summed E-state index contributed by atoms with van der Waals surface area (Å²) >= 11 is 0. The van der Waals surface area contributed by atoms with Crippen molar-refractivity contribution >= 4 is 15.7 Å². The number of rotatable bonds is 16. The van der Waals surface area contributed by atoms with Gasteiger partial charge in [-0.1, -0.05) is 118 Å². The Morgan fingerprint density at radius 3 is 2.00 bits per heavy atom. The molecule has 0 fully saturated rings. The van der Waals surface area contributed by atoms with Gasteiger partial charge in [0, 0.05) is 5.56 Å². The number of nitrogens with zero attached hydrogens (tertiary/aromatic N) is 1. The lowest BCUT2D eigenvalue weighted by molar-refractivity contribution is 0.318. The maximum atomic E-state index is 12.9. The van der Waals surface area contributed by atoms with E-state index in [1.165, 1.54) is 51.4 Å². The van der Waals surface area contributed by atoms with E-state index in [0.29, 0.717) is 10.5 Å². The normalized spacial score (nSPS) is 12.2. The van der Waals surface area contributed by atoms with E-state index in [2.05, 4.69) is 16.8 Å². The van der Waals surface area contributed by atoms with Crippen LogP contribution in [0.4, 0.5) is 0 Å². The first-order valence-electron chi connectivity index (χ1n) is 11.9. The van der Waals surface area contributed by atoms with E-state index in [0.717, 1.165) is 24.8 Å². The number of hydrogen-bond acceptors (Lipinski definition) is 4. The molecule has 176 valence electrons. The van der Waals surface area contributed by atoms with Crippen molar-refractivity contribution in [3.05, 3.63) is 65.7 Å². The van der Waals surface area contributed by atoms with Crippen molar-refractivity contribution in [2.24, 2.45) is 5.16 Å². The second kappa shape index (κ2) is 14.8. The zero-order valence-electron chi connectivity index (χ0n) is 19.3. The maximum Gasteiger partial charge on any atom is 0.241 e. The van der Waals surface area contributed by atoms with Gasteiger partial charge in [0.25, 0.3) is 0 Å². The smallest absolute Gasteiger partial charge is 0.241 e. The van der Waals surface area contributed by atoms with E-state index >= 15 is 0 Å². The molecule has 5 nitrogen and oxygen atoms in total. The molecule has 2 aromatic carbocycles. The molecular formula is C26H38N2O3S. The Balaban J connectivity index is 1.82. The summed E-state index contributed by atoms with van der Waals surface area (Å²) in [6.45, 7) is 2.17. The molecule has 0 aromatic heterocycles. The van der Waals surface area contributed by atoms with Crippen LogP contribution in [0.3, 0.4) is 0 Å². The van der Waals surface area contributed by atoms with Gasteiger partial charge in [0.1, 0.15) is 5.71 Å². The molecule has 2 rings (SSSR count). The molecule has 0 spiro atoms. The van der Waals surface area contributed by atoms with E-state index in [4.69, 9.17) is 0 Å². The minimum atomic E-state index is -3.71. The summed E-state index contributed by atoms with van der Waals surface area (Å²) in [7, 11) is -3.71. The summed E-state index contributed by atoms with van der Waals surface area (Å²) in [4.78, 5) is 0.307. The minimum absolute atomic E-state index is 0.0740. The van der Waals surface area contributed by atoms with Crippen molar-refractivity contribution in [1.29, 1.82) is 0 Å². The van der Waals surface area contributed by atoms with Gasteiger partial charge in [-0.3, -0.25) is 0 Å². The second-order valence-electron chi connectivity index (χ2n) is 8.28. The van der Waals surface area contributed by atoms with Gasteiger partial charge in [0.05, 0.1) is 11.4 Å². The topological polar surface area (TPSA) is 78.8 Å². The first-order chi connectivity index (χ1) is 15.6. The van der Waals surface area contributed by atoms with Crippen LogP contribution >= 0.6 is 0 Å². The highest BCUT2D eigenvalue weighted by Crippen LogP contribution is 2.19. The molecular weight excluding hydrogens is 420 g/mol. The van der Waals surface area contributed by atoms with Crippen LogP contribution in [0.2, 0.25) is 0 Å². The number of oxime groups is 1. The molecule has 0 aliphatic rings. The van der Waals surface area contributed by atoms with Crippen molar-refractivity contribution in [3.8, 4) is 0 Å². The van der Waals surface area contributed by atoms with Gasteiger partial charge in [-0.05, 0) is 24.5 Å². The first kappa shape index (κ1) is 26.1. The lowest BCUT2D eigenvalue weighted by atomic mass is 10.0. The van der Waals surface area contributed by atoms with Crippen LogP contribution in [-0.4, -0.2) is 25.9 Å². The van der Waals surface area contributed by atoms with Crippen LogP contribution in [0.5, 0.6) is 0 Å². The third-order valence-electron chi connectivity index (χ3n) is 5.72. The summed E-state index contributed by atoms with van der Waals surface area (Å²) in [6, 6.07) is 16.2. The Kier molecular flexibility index (Phi) is 12.1. The molecule has 0 bridgehead atoms. The number of sulfonamides is 1. The van der Waals surface area contributed by atoms with Gasteiger partial charge < -0.3 is 5.21 Å². The zero-order valence-corrected chi connectivity index (χ0v) is 20.1. The van der Waals surface area contributed by atoms with Gasteiger partial charge >= 0.3 is 0 Å². The third-order valence-corrected chi connectivity index (χ3v) is 7.22. The van der Waals surface area contributed by atoms with Crippen LogP contribution in [-0.2, 0) is 16.4 Å². The molecule has 0 aliphatic carbocycles. The predicted octanol–water partition coefficient (Wildman–Crippen LogP) is 6.31. The third kappa shape index (κ3) is 9.13. The molecule has 0 heterocycles. The van der Waals surface area contributed by atoms with Crippen molar-refractivity contribution in [1.82, 2.24) is 4.72 Å². The highest BCUT2D eigenvalue weighted by atomic mass is 32.2. The monoisotopic (exact) mass is 458 g/mol. The van der Waals surface area contributed by atoms with E-state index in [1.54, 1.807) is 24.3 Å². The van der Waals surface area contributed by atoms with E-state index in [9.17, 15) is 13.6 Å². The Labute approximate surface area is 194 Å². The van der Waals surface area contributed by atoms with Crippen molar-refractivity contribution in [2.45, 2.75) is 82.4 Å². The first-order valence-corrected chi connectivity index (χ1v) is 13.4. The van der Waals surface area contributed by atoms with Gasteiger partial charge in [-0.25, -0.2) is 13.1 Å². The van der Waals surface area contributed by atoms with E-state index in [-0.39, 0.29) is 12.3 Å². The number of benzene rings is 2. The molecule has 0 saturated heterocycles. The largest absolute Gasteiger partial charge is 0.411 e. The number of nitrogens with one attached hydrogen (secondary N) is 1. The second-order valence-corrected chi connectivity index (χ2v) is 10.0. The van der Waals surface area contributed by atoms with Gasteiger partial charge in [0.2, 0.25) is 10.0 Å². The SMILES string of the molecule is CCCCCCCCCCCCc1ccccc1S(=O)(=O)NCC(=NO)c1ccccc1. The summed E-state index contributed by atoms with van der Waals surface area (Å²) in [5.41, 5.74) is 1.79. The lowest BCUT2D eigenvalue weighted by Gasteiger charge is -2.12. The molecule has 0 unspecified atom stereocenters. The summed E-state index contributed by atoms with van der Waals surface area (Å²) < 4.78 is 28.5. The van der Waals surface area contributed by atoms with Gasteiger partial charge in [-0.2, -0.15) is 0 Å². The quantitative estimate of drug-likeness (QED) is 0.134. The molecule has 0 radical (unpaired) electrons. The predicted molar refractivity (Wildman–Crippen MR) is 132 cm³/mol. The van der Waals surface area contributed by atoms with Crippen LogP contribution in [0.1, 0.15) is 82.3 Å². The molecule has 2 aromatic rings. The van der Waals surface area contributed by atoms with E-state index in [1.807, 2.05) is 30.3 Å². The highest BCUT2D eigenvalue weighted by Gasteiger charge is 2.19. The zero-order chi connectivity index (χ0) is 23.1. The lowest BCUT2D eigenvalue weighted by Crippen LogP contribution is -2.30. The average molecular weight is 459 g/mol. The van der Waals surface area contributed by atoms with Crippen LogP contribution in [0.15, 0.2) is 64.6 Å². The molecule has 0 aliphatic heterocycles. The Morgan fingerprint density at radius 2 is 1.38 bits per heavy atom. The van der Waals surface area contributed by atoms with Crippen LogP contribution in [0, 0.1) is 0 Å². The summed E-state index contributed by atoms with van der Waals surface area (Å²) in [5, 5.41) is 12.6. The Hall–Kier alpha value is -2.18. The standard InChI is InChI=1S/C26H38N2O3S/c1-2-3-4-5-6-7-8-9-10-12-19-24-20-15-16-21-26(24)32(30,31)27-22-25(28-29)23-17-13-11-14-18-23/h11,13-18,20-21,27,29H,2-10,12,19,22H2,1H3. The van der Waals surface area contributed by atoms with Crippen molar-refractivity contribution < 1.29 is 13.6 Å². The average Bonchev–Trinajstić information content (AvgIpc) is 2.81. The van der Waals surface area contributed by atoms with Crippen LogP contribution < -0.4 is 4.72 Å². The molecule has 6 heteroatoms.